The number of urea groups is 1. The van der Waals surface area contributed by atoms with Crippen molar-refractivity contribution < 1.29 is 28.2 Å². The monoisotopic (exact) mass is 284 g/mol. The van der Waals surface area contributed by atoms with Gasteiger partial charge >= 0.3 is 12.0 Å². The van der Waals surface area contributed by atoms with E-state index in [1.807, 2.05) is 0 Å². The summed E-state index contributed by atoms with van der Waals surface area (Å²) in [5.41, 5.74) is 4.71. The highest BCUT2D eigenvalue weighted by molar-refractivity contribution is 5.94. The fraction of sp³-hybridized carbons (Fsp3) is 0.250. The summed E-state index contributed by atoms with van der Waals surface area (Å²) in [5, 5.41) is 1.73. The van der Waals surface area contributed by atoms with Crippen molar-refractivity contribution in [1.82, 2.24) is 5.32 Å². The first-order valence-electron chi connectivity index (χ1n) is 5.56. The van der Waals surface area contributed by atoms with Crippen molar-refractivity contribution >= 4 is 17.9 Å². The van der Waals surface area contributed by atoms with Gasteiger partial charge in [0.25, 0.3) is 5.91 Å². The third-order valence-corrected chi connectivity index (χ3v) is 2.07. The first kappa shape index (κ1) is 15.4. The van der Waals surface area contributed by atoms with E-state index in [1.54, 1.807) is 5.32 Å². The first-order valence-corrected chi connectivity index (χ1v) is 5.56. The van der Waals surface area contributed by atoms with Crippen molar-refractivity contribution in [2.75, 3.05) is 6.61 Å². The van der Waals surface area contributed by atoms with E-state index in [9.17, 15) is 18.8 Å². The predicted molar refractivity (Wildman–Crippen MR) is 65.2 cm³/mol. The lowest BCUT2D eigenvalue weighted by Gasteiger charge is -2.13. The number of halogens is 1. The van der Waals surface area contributed by atoms with Crippen molar-refractivity contribution in [3.05, 3.63) is 30.1 Å². The highest BCUT2D eigenvalue weighted by Crippen LogP contribution is 2.13. The van der Waals surface area contributed by atoms with Gasteiger partial charge in [-0.3, -0.25) is 10.1 Å². The van der Waals surface area contributed by atoms with Crippen LogP contribution in [0.4, 0.5) is 9.18 Å². The van der Waals surface area contributed by atoms with E-state index in [1.165, 1.54) is 31.2 Å². The number of nitrogens with two attached hydrogens (primary N) is 1. The molecule has 0 fully saturated rings. The number of imide groups is 1. The number of ether oxygens (including phenoxy) is 2. The molecule has 7 nitrogen and oxygen atoms in total. The summed E-state index contributed by atoms with van der Waals surface area (Å²) in [6, 6.07) is 4.00. The van der Waals surface area contributed by atoms with Crippen LogP contribution < -0.4 is 15.8 Å². The van der Waals surface area contributed by atoms with Crippen LogP contribution in [0.1, 0.15) is 6.92 Å². The van der Waals surface area contributed by atoms with Crippen LogP contribution in [0.2, 0.25) is 0 Å². The van der Waals surface area contributed by atoms with E-state index < -0.39 is 36.4 Å². The second-order valence-corrected chi connectivity index (χ2v) is 3.73. The number of rotatable bonds is 5. The first-order chi connectivity index (χ1) is 9.38. The largest absolute Gasteiger partial charge is 0.479 e. The standard InChI is InChI=1S/C12H13FN2O5/c1-7(20-9-4-2-8(13)3-5-9)11(17)19-6-10(16)15-12(14)18/h2-5,7H,6H2,1H3,(H3,14,15,16,18)/t7-/m0/s1. The molecule has 3 amide bonds. The van der Waals surface area contributed by atoms with Crippen LogP contribution in [0, 0.1) is 5.82 Å². The van der Waals surface area contributed by atoms with E-state index in [0.29, 0.717) is 0 Å². The Balaban J connectivity index is 2.41. The Morgan fingerprint density at radius 2 is 1.90 bits per heavy atom. The van der Waals surface area contributed by atoms with Crippen molar-refractivity contribution in [2.45, 2.75) is 13.0 Å². The molecule has 3 N–H and O–H groups in total. The average molecular weight is 284 g/mol. The molecule has 0 unspecified atom stereocenters. The van der Waals surface area contributed by atoms with Crippen LogP contribution in [0.5, 0.6) is 5.75 Å². The summed E-state index contributed by atoms with van der Waals surface area (Å²) >= 11 is 0. The zero-order valence-electron chi connectivity index (χ0n) is 10.6. The molecule has 0 bridgehead atoms. The SMILES string of the molecule is C[C@H](Oc1ccc(F)cc1)C(=O)OCC(=O)NC(N)=O. The molecule has 0 saturated carbocycles. The van der Waals surface area contributed by atoms with Crippen molar-refractivity contribution in [3.8, 4) is 5.75 Å². The summed E-state index contributed by atoms with van der Waals surface area (Å²) in [4.78, 5) is 32.8. The predicted octanol–water partition coefficient (Wildman–Crippen LogP) is 0.331. The average Bonchev–Trinajstić information content (AvgIpc) is 2.37. The van der Waals surface area contributed by atoms with E-state index in [0.717, 1.165) is 0 Å². The maximum Gasteiger partial charge on any atom is 0.347 e. The number of nitrogens with one attached hydrogen (secondary N) is 1. The van der Waals surface area contributed by atoms with Crippen molar-refractivity contribution in [1.29, 1.82) is 0 Å². The molecule has 0 aliphatic carbocycles. The minimum atomic E-state index is -1.04. The lowest BCUT2D eigenvalue weighted by molar-refractivity contribution is -0.154. The molecule has 1 aromatic rings. The van der Waals surface area contributed by atoms with Gasteiger partial charge in [0, 0.05) is 0 Å². The van der Waals surface area contributed by atoms with Gasteiger partial charge in [0.1, 0.15) is 11.6 Å². The number of carbonyl (C=O) groups is 3. The van der Waals surface area contributed by atoms with Gasteiger partial charge in [-0.1, -0.05) is 0 Å². The fourth-order valence-corrected chi connectivity index (χ4v) is 1.19. The summed E-state index contributed by atoms with van der Waals surface area (Å²) in [5.74, 6) is -1.82. The summed E-state index contributed by atoms with van der Waals surface area (Å²) in [6.45, 7) is 0.747. The van der Waals surface area contributed by atoms with Gasteiger partial charge < -0.3 is 15.2 Å². The molecule has 0 saturated heterocycles. The molecule has 1 atom stereocenters. The maximum atomic E-state index is 12.7. The zero-order valence-corrected chi connectivity index (χ0v) is 10.6. The van der Waals surface area contributed by atoms with Crippen molar-refractivity contribution in [3.63, 3.8) is 0 Å². The van der Waals surface area contributed by atoms with E-state index >= 15 is 0 Å². The topological polar surface area (TPSA) is 108 Å². The molecule has 1 aromatic carbocycles. The molecular formula is C12H13FN2O5. The van der Waals surface area contributed by atoms with E-state index in [4.69, 9.17) is 10.5 Å². The lowest BCUT2D eigenvalue weighted by Crippen LogP contribution is -2.39. The zero-order chi connectivity index (χ0) is 15.1. The van der Waals surface area contributed by atoms with Crippen LogP contribution in [0.3, 0.4) is 0 Å². The van der Waals surface area contributed by atoms with Crippen LogP contribution >= 0.6 is 0 Å². The Kier molecular flexibility index (Phi) is 5.45. The number of carbonyl (C=O) groups excluding carboxylic acids is 3. The molecule has 20 heavy (non-hydrogen) atoms. The molecular weight excluding hydrogens is 271 g/mol. The summed E-state index contributed by atoms with van der Waals surface area (Å²) in [7, 11) is 0. The van der Waals surface area contributed by atoms with Gasteiger partial charge in [0.15, 0.2) is 12.7 Å². The molecule has 108 valence electrons. The minimum Gasteiger partial charge on any atom is -0.479 e. The number of benzene rings is 1. The van der Waals surface area contributed by atoms with Gasteiger partial charge in [-0.15, -0.1) is 0 Å². The molecule has 0 heterocycles. The molecule has 1 rings (SSSR count). The van der Waals surface area contributed by atoms with Gasteiger partial charge in [0.2, 0.25) is 0 Å². The second kappa shape index (κ2) is 7.07. The normalized spacial score (nSPS) is 11.3. The summed E-state index contributed by atoms with van der Waals surface area (Å²) in [6.07, 6.45) is -0.998. The second-order valence-electron chi connectivity index (χ2n) is 3.73. The molecule has 0 aliphatic heterocycles. The Morgan fingerprint density at radius 1 is 1.30 bits per heavy atom. The Labute approximate surface area is 113 Å². The maximum absolute atomic E-state index is 12.7. The number of hydrogen-bond acceptors (Lipinski definition) is 5. The lowest BCUT2D eigenvalue weighted by atomic mass is 10.3. The number of hydrogen-bond donors (Lipinski definition) is 2. The van der Waals surface area contributed by atoms with Crippen LogP contribution in [-0.4, -0.2) is 30.6 Å². The van der Waals surface area contributed by atoms with Crippen LogP contribution in [-0.2, 0) is 14.3 Å². The van der Waals surface area contributed by atoms with Gasteiger partial charge in [-0.2, -0.15) is 0 Å². The number of esters is 1. The Morgan fingerprint density at radius 3 is 2.45 bits per heavy atom. The quantitative estimate of drug-likeness (QED) is 0.758. The van der Waals surface area contributed by atoms with E-state index in [2.05, 4.69) is 4.74 Å². The highest BCUT2D eigenvalue weighted by Gasteiger charge is 2.18. The molecule has 8 heteroatoms. The molecule has 0 aromatic heterocycles. The smallest absolute Gasteiger partial charge is 0.347 e. The van der Waals surface area contributed by atoms with Crippen LogP contribution in [0.25, 0.3) is 0 Å². The third kappa shape index (κ3) is 5.34. The molecule has 0 radical (unpaired) electrons. The Bertz CT molecular complexity index is 503. The van der Waals surface area contributed by atoms with Gasteiger partial charge in [-0.05, 0) is 31.2 Å². The van der Waals surface area contributed by atoms with Gasteiger partial charge in [0.05, 0.1) is 0 Å². The Hall–Kier alpha value is -2.64. The summed E-state index contributed by atoms with van der Waals surface area (Å²) < 4.78 is 22.5. The highest BCUT2D eigenvalue weighted by atomic mass is 19.1. The van der Waals surface area contributed by atoms with Gasteiger partial charge in [-0.25, -0.2) is 14.0 Å². The van der Waals surface area contributed by atoms with Crippen LogP contribution in [0.15, 0.2) is 24.3 Å². The fourth-order valence-electron chi connectivity index (χ4n) is 1.19. The number of primary amides is 1. The number of amides is 3. The van der Waals surface area contributed by atoms with E-state index in [-0.39, 0.29) is 5.75 Å². The van der Waals surface area contributed by atoms with Crippen molar-refractivity contribution in [2.24, 2.45) is 5.73 Å². The molecule has 0 spiro atoms. The molecule has 0 aliphatic rings. The third-order valence-electron chi connectivity index (χ3n) is 2.07. The minimum absolute atomic E-state index is 0.275.